The van der Waals surface area contributed by atoms with Gasteiger partial charge in [-0.1, -0.05) is 60.7 Å². The molecule has 0 N–H and O–H groups in total. The number of hydrogen-bond acceptors (Lipinski definition) is 1. The summed E-state index contributed by atoms with van der Waals surface area (Å²) < 4.78 is 6.07. The minimum Gasteiger partial charge on any atom is -0.461 e. The number of benzene rings is 2. The van der Waals surface area contributed by atoms with Crippen LogP contribution in [-0.2, 0) is 0 Å². The first-order chi connectivity index (χ1) is 11.2. The van der Waals surface area contributed by atoms with Crippen LogP contribution in [0.15, 0.2) is 76.7 Å². The highest BCUT2D eigenvalue weighted by Crippen LogP contribution is 2.28. The van der Waals surface area contributed by atoms with E-state index in [-0.39, 0.29) is 0 Å². The van der Waals surface area contributed by atoms with Crippen LogP contribution in [0.25, 0.3) is 6.08 Å². The third kappa shape index (κ3) is 2.45. The average molecular weight is 314 g/mol. The first-order valence-electron chi connectivity index (χ1n) is 7.88. The van der Waals surface area contributed by atoms with Gasteiger partial charge in [-0.2, -0.15) is 0 Å². The zero-order valence-corrected chi connectivity index (χ0v) is 14.3. The van der Waals surface area contributed by atoms with Gasteiger partial charge in [-0.15, -0.1) is 0 Å². The third-order valence-electron chi connectivity index (χ3n) is 4.25. The van der Waals surface area contributed by atoms with E-state index in [4.69, 9.17) is 4.42 Å². The first-order valence-corrected chi connectivity index (χ1v) is 9.38. The first kappa shape index (κ1) is 14.2. The van der Waals surface area contributed by atoms with Crippen molar-refractivity contribution in [1.82, 2.24) is 0 Å². The van der Waals surface area contributed by atoms with Crippen LogP contribution in [0.4, 0.5) is 0 Å². The summed E-state index contributed by atoms with van der Waals surface area (Å²) in [4.78, 5) is 0. The van der Waals surface area contributed by atoms with Crippen molar-refractivity contribution in [2.75, 3.05) is 0 Å². The van der Waals surface area contributed by atoms with Crippen molar-refractivity contribution < 1.29 is 4.42 Å². The van der Waals surface area contributed by atoms with E-state index in [1.54, 1.807) is 0 Å². The molecule has 1 heterocycles. The summed E-state index contributed by atoms with van der Waals surface area (Å²) in [6.45, 7) is 4.23. The van der Waals surface area contributed by atoms with Crippen LogP contribution in [0, 0.1) is 6.92 Å². The molecule has 0 bridgehead atoms. The maximum absolute atomic E-state index is 6.07. The summed E-state index contributed by atoms with van der Waals surface area (Å²) in [6, 6.07) is 23.8. The number of rotatable bonds is 2. The Hall–Kier alpha value is -2.45. The van der Waals surface area contributed by atoms with Crippen molar-refractivity contribution in [3.63, 3.8) is 0 Å². The summed E-state index contributed by atoms with van der Waals surface area (Å²) >= 11 is 0. The number of allylic oxidation sites excluding steroid dienone is 1. The Kier molecular flexibility index (Phi) is 3.47. The topological polar surface area (TPSA) is 13.1 Å². The second-order valence-electron chi connectivity index (χ2n) is 5.95. The molecule has 0 unspecified atom stereocenters. The Balaban J connectivity index is 2.05. The van der Waals surface area contributed by atoms with Crippen molar-refractivity contribution in [3.05, 3.63) is 89.4 Å². The SMILES string of the molecule is CC1=Cc2cc(C)oc2C1=[Si](c1ccccc1)c1ccccc1. The molecule has 0 spiro atoms. The van der Waals surface area contributed by atoms with Gasteiger partial charge in [0.1, 0.15) is 11.5 Å². The standard InChI is InChI=1S/C21H18OSi/c1-15-13-17-14-16(2)22-20(17)21(15)23(18-9-5-3-6-10-18)19-11-7-4-8-12-19/h3-14H,1-2H3. The van der Waals surface area contributed by atoms with Crippen LogP contribution in [0.2, 0.25) is 0 Å². The van der Waals surface area contributed by atoms with E-state index in [2.05, 4.69) is 79.7 Å². The number of furan rings is 1. The minimum absolute atomic E-state index is 0.985. The highest BCUT2D eigenvalue weighted by atomic mass is 28.2. The molecule has 0 atom stereocenters. The van der Waals surface area contributed by atoms with E-state index >= 15 is 0 Å². The lowest BCUT2D eigenvalue weighted by Crippen LogP contribution is -2.40. The predicted octanol–water partition coefficient (Wildman–Crippen LogP) is 3.42. The maximum atomic E-state index is 6.07. The van der Waals surface area contributed by atoms with E-state index in [1.807, 2.05) is 6.92 Å². The highest BCUT2D eigenvalue weighted by molar-refractivity contribution is 6.95. The minimum atomic E-state index is -1.07. The summed E-state index contributed by atoms with van der Waals surface area (Å²) in [5.41, 5.74) is 2.56. The Morgan fingerprint density at radius 1 is 0.783 bits per heavy atom. The summed E-state index contributed by atoms with van der Waals surface area (Å²) in [7, 11) is -1.07. The van der Waals surface area contributed by atoms with Crippen LogP contribution >= 0.6 is 0 Å². The number of aryl methyl sites for hydroxylation is 1. The molecule has 0 amide bonds. The van der Waals surface area contributed by atoms with Gasteiger partial charge in [0.05, 0.1) is 8.41 Å². The Labute approximate surface area is 138 Å². The number of hydrogen-bond donors (Lipinski definition) is 0. The molecule has 0 saturated carbocycles. The highest BCUT2D eigenvalue weighted by Gasteiger charge is 2.25. The fourth-order valence-electron chi connectivity index (χ4n) is 3.30. The molecule has 3 aromatic rings. The van der Waals surface area contributed by atoms with Crippen LogP contribution < -0.4 is 10.4 Å². The van der Waals surface area contributed by atoms with Gasteiger partial charge < -0.3 is 4.42 Å². The predicted molar refractivity (Wildman–Crippen MR) is 99.1 cm³/mol. The summed E-state index contributed by atoms with van der Waals surface area (Å²) in [5, 5.41) is 4.18. The molecular weight excluding hydrogens is 296 g/mol. The Morgan fingerprint density at radius 3 is 1.91 bits per heavy atom. The molecule has 1 nitrogen and oxygen atoms in total. The molecule has 0 radical (unpaired) electrons. The van der Waals surface area contributed by atoms with E-state index in [0.29, 0.717) is 0 Å². The van der Waals surface area contributed by atoms with Gasteiger partial charge in [0, 0.05) is 10.7 Å². The van der Waals surface area contributed by atoms with Crippen LogP contribution in [-0.4, -0.2) is 13.6 Å². The molecule has 2 heteroatoms. The zero-order valence-electron chi connectivity index (χ0n) is 13.3. The van der Waals surface area contributed by atoms with Crippen LogP contribution in [0.3, 0.4) is 0 Å². The lowest BCUT2D eigenvalue weighted by Gasteiger charge is -2.13. The van der Waals surface area contributed by atoms with Crippen LogP contribution in [0.5, 0.6) is 0 Å². The van der Waals surface area contributed by atoms with Crippen molar-refractivity contribution >= 4 is 30.0 Å². The average Bonchev–Trinajstić information content (AvgIpc) is 3.06. The third-order valence-corrected chi connectivity index (χ3v) is 7.20. The van der Waals surface area contributed by atoms with Crippen molar-refractivity contribution in [2.24, 2.45) is 0 Å². The maximum Gasteiger partial charge on any atom is 0.137 e. The number of fused-ring (bicyclic) bond motifs is 1. The van der Waals surface area contributed by atoms with Gasteiger partial charge in [-0.05, 0) is 41.9 Å². The summed E-state index contributed by atoms with van der Waals surface area (Å²) in [5.74, 6) is 2.06. The monoisotopic (exact) mass is 314 g/mol. The molecule has 1 aromatic heterocycles. The lowest BCUT2D eigenvalue weighted by molar-refractivity contribution is 0.527. The van der Waals surface area contributed by atoms with Gasteiger partial charge in [0.15, 0.2) is 0 Å². The Morgan fingerprint density at radius 2 is 1.35 bits per heavy atom. The fourth-order valence-corrected chi connectivity index (χ4v) is 6.15. The van der Waals surface area contributed by atoms with Gasteiger partial charge in [0.2, 0.25) is 0 Å². The smallest absolute Gasteiger partial charge is 0.137 e. The van der Waals surface area contributed by atoms with Crippen molar-refractivity contribution in [2.45, 2.75) is 13.8 Å². The molecule has 0 fully saturated rings. The molecule has 4 rings (SSSR count). The van der Waals surface area contributed by atoms with E-state index in [0.717, 1.165) is 11.5 Å². The molecule has 0 saturated heterocycles. The largest absolute Gasteiger partial charge is 0.461 e. The quantitative estimate of drug-likeness (QED) is 0.661. The Bertz CT molecular complexity index is 873. The van der Waals surface area contributed by atoms with E-state index < -0.39 is 8.41 Å². The van der Waals surface area contributed by atoms with E-state index in [9.17, 15) is 0 Å². The van der Waals surface area contributed by atoms with Crippen LogP contribution in [0.1, 0.15) is 24.0 Å². The lowest BCUT2D eigenvalue weighted by atomic mass is 10.3. The summed E-state index contributed by atoms with van der Waals surface area (Å²) in [6.07, 6.45) is 2.26. The molecule has 1 aliphatic carbocycles. The molecule has 23 heavy (non-hydrogen) atoms. The van der Waals surface area contributed by atoms with Gasteiger partial charge >= 0.3 is 0 Å². The van der Waals surface area contributed by atoms with Crippen molar-refractivity contribution in [1.29, 1.82) is 0 Å². The van der Waals surface area contributed by atoms with Crippen molar-refractivity contribution in [3.8, 4) is 0 Å². The van der Waals surface area contributed by atoms with Gasteiger partial charge in [0.25, 0.3) is 0 Å². The van der Waals surface area contributed by atoms with Gasteiger partial charge in [-0.25, -0.2) is 0 Å². The van der Waals surface area contributed by atoms with E-state index in [1.165, 1.54) is 26.7 Å². The second kappa shape index (κ2) is 5.63. The zero-order chi connectivity index (χ0) is 15.8. The van der Waals surface area contributed by atoms with Gasteiger partial charge in [-0.3, -0.25) is 0 Å². The molecule has 0 aliphatic heterocycles. The normalized spacial score (nSPS) is 13.0. The molecule has 2 aromatic carbocycles. The fraction of sp³-hybridized carbons (Fsp3) is 0.0952. The molecule has 1 aliphatic rings. The molecule has 112 valence electrons. The second-order valence-corrected chi connectivity index (χ2v) is 8.36. The molecular formula is C21H18OSi.